The molecule has 4 rings (SSSR count). The summed E-state index contributed by atoms with van der Waals surface area (Å²) in [6, 6.07) is 10.8. The van der Waals surface area contributed by atoms with E-state index in [1.165, 1.54) is 0 Å². The van der Waals surface area contributed by atoms with E-state index in [-0.39, 0.29) is 11.8 Å². The quantitative estimate of drug-likeness (QED) is 0.605. The average molecular weight is 448 g/mol. The molecule has 1 aliphatic heterocycles. The molecule has 2 amide bonds. The van der Waals surface area contributed by atoms with Crippen LogP contribution in [0.3, 0.4) is 0 Å². The lowest BCUT2D eigenvalue weighted by atomic mass is 10.1. The van der Waals surface area contributed by atoms with Crippen LogP contribution in [-0.2, 0) is 0 Å². The first-order valence-electron chi connectivity index (χ1n) is 8.50. The van der Waals surface area contributed by atoms with Gasteiger partial charge in [0.05, 0.1) is 27.9 Å². The topological polar surface area (TPSA) is 57.9 Å². The summed E-state index contributed by atoms with van der Waals surface area (Å²) < 4.78 is 2.49. The molecule has 1 fully saturated rings. The lowest BCUT2D eigenvalue weighted by Gasteiger charge is -2.34. The number of benzene rings is 1. The van der Waals surface area contributed by atoms with Gasteiger partial charge in [-0.25, -0.2) is 4.52 Å². The SMILES string of the molecule is O=C(c1cc(Br)ccc1Cl)N1CCN(C(=O)c2cnn3ccccc23)CC1. The number of nitrogens with zero attached hydrogens (tertiary/aromatic N) is 4. The number of piperazine rings is 1. The van der Waals surface area contributed by atoms with Crippen molar-refractivity contribution < 1.29 is 9.59 Å². The summed E-state index contributed by atoms with van der Waals surface area (Å²) in [7, 11) is 0. The predicted molar refractivity (Wildman–Crippen MR) is 106 cm³/mol. The molecule has 1 saturated heterocycles. The van der Waals surface area contributed by atoms with Gasteiger partial charge in [0.2, 0.25) is 0 Å². The van der Waals surface area contributed by atoms with Crippen LogP contribution in [0.5, 0.6) is 0 Å². The number of hydrogen-bond acceptors (Lipinski definition) is 3. The number of halogens is 2. The standard InChI is InChI=1S/C19H16BrClN4O2/c20-13-4-5-16(21)14(11-13)18(26)23-7-9-24(10-8-23)19(27)15-12-22-25-6-2-1-3-17(15)25/h1-6,11-12H,7-10H2. The number of amides is 2. The van der Waals surface area contributed by atoms with Gasteiger partial charge in [0.15, 0.2) is 0 Å². The molecule has 0 radical (unpaired) electrons. The Bertz CT molecular complexity index is 1030. The third-order valence-corrected chi connectivity index (χ3v) is 5.49. The molecule has 6 nitrogen and oxygen atoms in total. The molecule has 138 valence electrons. The third-order valence-electron chi connectivity index (χ3n) is 4.67. The minimum Gasteiger partial charge on any atom is -0.335 e. The predicted octanol–water partition coefficient (Wildman–Crippen LogP) is 3.35. The number of aromatic nitrogens is 2. The maximum absolute atomic E-state index is 12.9. The molecule has 0 saturated carbocycles. The zero-order valence-electron chi connectivity index (χ0n) is 14.3. The maximum Gasteiger partial charge on any atom is 0.257 e. The van der Waals surface area contributed by atoms with Crippen molar-refractivity contribution in [2.45, 2.75) is 0 Å². The first-order chi connectivity index (χ1) is 13.0. The molecule has 1 aromatic carbocycles. The second-order valence-electron chi connectivity index (χ2n) is 6.30. The van der Waals surface area contributed by atoms with Crippen LogP contribution in [0.1, 0.15) is 20.7 Å². The van der Waals surface area contributed by atoms with E-state index in [4.69, 9.17) is 11.6 Å². The first-order valence-corrected chi connectivity index (χ1v) is 9.67. The van der Waals surface area contributed by atoms with Crippen molar-refractivity contribution >= 4 is 44.9 Å². The van der Waals surface area contributed by atoms with Crippen molar-refractivity contribution in [2.24, 2.45) is 0 Å². The second kappa shape index (κ2) is 7.32. The van der Waals surface area contributed by atoms with Crippen molar-refractivity contribution in [1.29, 1.82) is 0 Å². The highest BCUT2D eigenvalue weighted by Gasteiger charge is 2.27. The van der Waals surface area contributed by atoms with Crippen LogP contribution >= 0.6 is 27.5 Å². The van der Waals surface area contributed by atoms with Crippen molar-refractivity contribution in [3.05, 3.63) is 69.4 Å². The van der Waals surface area contributed by atoms with Gasteiger partial charge in [-0.2, -0.15) is 5.10 Å². The van der Waals surface area contributed by atoms with E-state index in [1.54, 1.807) is 38.7 Å². The molecule has 0 unspecified atom stereocenters. The summed E-state index contributed by atoms with van der Waals surface area (Å²) in [6.45, 7) is 1.87. The van der Waals surface area contributed by atoms with Crippen molar-refractivity contribution in [1.82, 2.24) is 19.4 Å². The number of hydrogen-bond donors (Lipinski definition) is 0. The fraction of sp³-hybridized carbons (Fsp3) is 0.211. The Morgan fingerprint density at radius 3 is 2.33 bits per heavy atom. The molecular formula is C19H16BrClN4O2. The Balaban J connectivity index is 1.46. The maximum atomic E-state index is 12.9. The number of carbonyl (C=O) groups is 2. The number of pyridine rings is 1. The highest BCUT2D eigenvalue weighted by atomic mass is 79.9. The largest absolute Gasteiger partial charge is 0.335 e. The van der Waals surface area contributed by atoms with Gasteiger partial charge in [0.1, 0.15) is 0 Å². The molecule has 0 bridgehead atoms. The Morgan fingerprint density at radius 2 is 1.63 bits per heavy atom. The van der Waals surface area contributed by atoms with Crippen LogP contribution in [0.15, 0.2) is 53.3 Å². The van der Waals surface area contributed by atoms with Gasteiger partial charge in [-0.15, -0.1) is 0 Å². The highest BCUT2D eigenvalue weighted by molar-refractivity contribution is 9.10. The molecule has 2 aromatic heterocycles. The van der Waals surface area contributed by atoms with Crippen molar-refractivity contribution in [3.63, 3.8) is 0 Å². The minimum absolute atomic E-state index is 0.0659. The molecule has 0 spiro atoms. The zero-order valence-corrected chi connectivity index (χ0v) is 16.7. The molecular weight excluding hydrogens is 432 g/mol. The highest BCUT2D eigenvalue weighted by Crippen LogP contribution is 2.23. The lowest BCUT2D eigenvalue weighted by molar-refractivity contribution is 0.0536. The van der Waals surface area contributed by atoms with E-state index >= 15 is 0 Å². The van der Waals surface area contributed by atoms with E-state index in [9.17, 15) is 9.59 Å². The molecule has 0 aliphatic carbocycles. The van der Waals surface area contributed by atoms with Crippen LogP contribution < -0.4 is 0 Å². The number of fused-ring (bicyclic) bond motifs is 1. The van der Waals surface area contributed by atoms with Gasteiger partial charge in [-0.1, -0.05) is 33.6 Å². The number of carbonyl (C=O) groups excluding carboxylic acids is 2. The minimum atomic E-state index is -0.121. The fourth-order valence-corrected chi connectivity index (χ4v) is 3.77. The van der Waals surface area contributed by atoms with Gasteiger partial charge >= 0.3 is 0 Å². The summed E-state index contributed by atoms with van der Waals surface area (Å²) in [5.41, 5.74) is 1.82. The number of rotatable bonds is 2. The Kier molecular flexibility index (Phi) is 4.88. The van der Waals surface area contributed by atoms with Crippen molar-refractivity contribution in [2.75, 3.05) is 26.2 Å². The van der Waals surface area contributed by atoms with E-state index in [1.807, 2.05) is 24.4 Å². The molecule has 3 aromatic rings. The van der Waals surface area contributed by atoms with E-state index in [0.29, 0.717) is 42.3 Å². The van der Waals surface area contributed by atoms with Gasteiger partial charge in [-0.3, -0.25) is 9.59 Å². The monoisotopic (exact) mass is 446 g/mol. The lowest BCUT2D eigenvalue weighted by Crippen LogP contribution is -2.50. The van der Waals surface area contributed by atoms with E-state index in [2.05, 4.69) is 21.0 Å². The Hall–Kier alpha value is -2.38. The van der Waals surface area contributed by atoms with Crippen LogP contribution in [0, 0.1) is 0 Å². The molecule has 1 aliphatic rings. The summed E-state index contributed by atoms with van der Waals surface area (Å²) in [5.74, 6) is -0.187. The Labute approximate surface area is 169 Å². The second-order valence-corrected chi connectivity index (χ2v) is 7.62. The van der Waals surface area contributed by atoms with Gasteiger partial charge in [-0.05, 0) is 30.3 Å². The molecule has 0 atom stereocenters. The average Bonchev–Trinajstić information content (AvgIpc) is 3.13. The molecule has 0 N–H and O–H groups in total. The summed E-state index contributed by atoms with van der Waals surface area (Å²) >= 11 is 9.54. The first kappa shape index (κ1) is 18.0. The van der Waals surface area contributed by atoms with Crippen molar-refractivity contribution in [3.8, 4) is 0 Å². The molecule has 8 heteroatoms. The van der Waals surface area contributed by atoms with Crippen LogP contribution in [0.4, 0.5) is 0 Å². The van der Waals surface area contributed by atoms with Gasteiger partial charge in [0.25, 0.3) is 11.8 Å². The van der Waals surface area contributed by atoms with Gasteiger partial charge < -0.3 is 9.80 Å². The van der Waals surface area contributed by atoms with E-state index < -0.39 is 0 Å². The smallest absolute Gasteiger partial charge is 0.257 e. The summed E-state index contributed by atoms with van der Waals surface area (Å²) in [6.07, 6.45) is 3.40. The summed E-state index contributed by atoms with van der Waals surface area (Å²) in [5, 5.41) is 4.65. The Morgan fingerprint density at radius 1 is 0.963 bits per heavy atom. The van der Waals surface area contributed by atoms with Gasteiger partial charge in [0, 0.05) is 36.8 Å². The van der Waals surface area contributed by atoms with Crippen LogP contribution in [-0.4, -0.2) is 57.4 Å². The zero-order chi connectivity index (χ0) is 19.0. The molecule has 27 heavy (non-hydrogen) atoms. The third kappa shape index (κ3) is 3.44. The molecule has 3 heterocycles. The van der Waals surface area contributed by atoms with Crippen LogP contribution in [0.25, 0.3) is 5.52 Å². The fourth-order valence-electron chi connectivity index (χ4n) is 3.21. The van der Waals surface area contributed by atoms with E-state index in [0.717, 1.165) is 9.99 Å². The normalized spacial score (nSPS) is 14.6. The summed E-state index contributed by atoms with van der Waals surface area (Å²) in [4.78, 5) is 29.1. The van der Waals surface area contributed by atoms with Crippen LogP contribution in [0.2, 0.25) is 5.02 Å².